The van der Waals surface area contributed by atoms with Crippen LogP contribution >= 0.6 is 0 Å². The molecule has 15 rings (SSSR count). The fourth-order valence-electron chi connectivity index (χ4n) is 17.2. The van der Waals surface area contributed by atoms with Crippen LogP contribution < -0.4 is 0 Å². The monoisotopic (exact) mass is 1200 g/mol. The number of ether oxygens (including phenoxy) is 12. The Hall–Kier alpha value is -3.66. The highest BCUT2D eigenvalue weighted by atomic mass is 17.3. The van der Waals surface area contributed by atoms with Crippen LogP contribution in [0.15, 0.2) is 0 Å². The van der Waals surface area contributed by atoms with Crippen molar-refractivity contribution in [3.05, 3.63) is 0 Å². The molecule has 0 aromatic rings. The summed E-state index contributed by atoms with van der Waals surface area (Å²) >= 11 is 0. The molecule has 3 aliphatic carbocycles. The van der Waals surface area contributed by atoms with E-state index in [2.05, 4.69) is 20.8 Å². The SMILES string of the molecule is C[C@@H]1CCC2[C@@H](C)[C@H](OC(=O)CCC(=O)OCC(COC(=O)CCC(=O)O[C@@H]3O[C@@H]4O[C@]5(C)CC[C@H]6[C@H](C)CCC([C@H]3C)[C@@]46OO5)COC(=O)CCC(=O)O[C@@H]3O[C@@H]4O[C@]5(C)CC[C@H]6[C@H](C)CCC([C@H]3C)[C@@]46OO5)O[C@@H]3O[C@]4(C)CC[C@@H]1[C@@]23OO4. The number of rotatable bonds is 18. The minimum absolute atomic E-state index is 0.0838. The molecule has 3 saturated carbocycles. The molecular weight excluding hydrogens is 1120 g/mol. The van der Waals surface area contributed by atoms with Crippen LogP contribution in [0.25, 0.3) is 0 Å². The smallest absolute Gasteiger partial charge is 0.308 e. The average Bonchev–Trinajstić information content (AvgIpc) is 1.76. The van der Waals surface area contributed by atoms with Gasteiger partial charge in [0.1, 0.15) is 19.8 Å². The highest BCUT2D eigenvalue weighted by molar-refractivity contribution is 5.79. The van der Waals surface area contributed by atoms with E-state index in [0.29, 0.717) is 37.0 Å². The Kier molecular flexibility index (Phi) is 17.1. The van der Waals surface area contributed by atoms with Crippen molar-refractivity contribution in [2.45, 2.75) is 250 Å². The van der Waals surface area contributed by atoms with Crippen LogP contribution in [0, 0.1) is 76.9 Å². The molecule has 24 atom stereocenters. The van der Waals surface area contributed by atoms with Gasteiger partial charge in [0.05, 0.1) is 44.4 Å². The Morgan fingerprint density at radius 2 is 0.635 bits per heavy atom. The number of hydrogen-bond acceptors (Lipinski definition) is 24. The summed E-state index contributed by atoms with van der Waals surface area (Å²) in [6.07, 6.45) is 2.17. The Morgan fingerprint density at radius 3 is 0.918 bits per heavy atom. The zero-order valence-electron chi connectivity index (χ0n) is 50.6. The summed E-state index contributed by atoms with van der Waals surface area (Å²) in [6, 6.07) is 0. The summed E-state index contributed by atoms with van der Waals surface area (Å²) < 4.78 is 72.7. The Bertz CT molecular complexity index is 2270. The van der Waals surface area contributed by atoms with Gasteiger partial charge < -0.3 is 56.8 Å². The lowest BCUT2D eigenvalue weighted by atomic mass is 9.58. The van der Waals surface area contributed by atoms with E-state index in [1.807, 2.05) is 41.5 Å². The van der Waals surface area contributed by atoms with Crippen LogP contribution in [0.1, 0.15) is 178 Å². The standard InChI is InChI=1S/C61H88O24/c1-31-10-13-41-34(4)50(74-53-59(41)38(31)22-25-56(7,77-53)80-83-59)71-47(65)19-16-44(62)68-28-37(29-69-45(63)17-20-48(66)72-51-35(5)42-14-11-32(2)39-23-26-57(8)78-54(75-51)60(39,42)84-81-57)30-70-46(64)18-21-49(67)73-52-36(6)43-15-12-33(3)40-24-27-58(9)79-55(76-52)61(40,43)85-82-58/h31-43,50-55H,10-30H2,1-9H3/t31-,32-,33-,34-,35-,36-,37?,38+,39+,40+,41?,42?,43?,50-,51-,52-,53-,54-,55-,56+,57+,58+,59-,60-,61-/m1/s1. The van der Waals surface area contributed by atoms with Crippen LogP contribution in [-0.2, 0) is 115 Å². The van der Waals surface area contributed by atoms with Crippen molar-refractivity contribution in [3.63, 3.8) is 0 Å². The third-order valence-electron chi connectivity index (χ3n) is 22.1. The van der Waals surface area contributed by atoms with Crippen LogP contribution in [0.5, 0.6) is 0 Å². The zero-order chi connectivity index (χ0) is 60.0. The van der Waals surface area contributed by atoms with Crippen LogP contribution in [0.4, 0.5) is 0 Å². The van der Waals surface area contributed by atoms with Gasteiger partial charge in [-0.15, -0.1) is 0 Å². The van der Waals surface area contributed by atoms with Crippen molar-refractivity contribution in [1.82, 2.24) is 0 Å². The molecule has 24 heteroatoms. The van der Waals surface area contributed by atoms with Crippen molar-refractivity contribution in [2.24, 2.45) is 76.9 Å². The van der Waals surface area contributed by atoms with E-state index in [4.69, 9.17) is 86.2 Å². The summed E-state index contributed by atoms with van der Waals surface area (Å²) in [4.78, 5) is 116. The normalized spacial score (nSPS) is 47.4. The number of fused-ring (bicyclic) bond motifs is 6. The van der Waals surface area contributed by atoms with Gasteiger partial charge in [-0.05, 0) is 114 Å². The third kappa shape index (κ3) is 11.3. The fraction of sp³-hybridized carbons (Fsp3) is 0.902. The van der Waals surface area contributed by atoms with E-state index in [-0.39, 0.29) is 91.8 Å². The maximum atomic E-state index is 13.4. The first-order valence-corrected chi connectivity index (χ1v) is 31.6. The van der Waals surface area contributed by atoms with Gasteiger partial charge in [-0.25, -0.2) is 29.3 Å². The number of hydrogen-bond donors (Lipinski definition) is 0. The lowest BCUT2D eigenvalue weighted by molar-refractivity contribution is -0.576. The number of esters is 6. The molecule has 0 aromatic heterocycles. The lowest BCUT2D eigenvalue weighted by Gasteiger charge is -2.59. The molecule has 3 unspecified atom stereocenters. The molecule has 15 fully saturated rings. The molecule has 12 aliphatic heterocycles. The van der Waals surface area contributed by atoms with Gasteiger partial charge in [0.15, 0.2) is 35.7 Å². The van der Waals surface area contributed by atoms with E-state index in [0.717, 1.165) is 57.8 Å². The van der Waals surface area contributed by atoms with Crippen molar-refractivity contribution >= 4 is 35.8 Å². The molecule has 476 valence electrons. The van der Waals surface area contributed by atoms with E-state index in [1.165, 1.54) is 0 Å². The molecule has 0 aromatic carbocycles. The largest absolute Gasteiger partial charge is 0.465 e. The van der Waals surface area contributed by atoms with Crippen LogP contribution in [0.2, 0.25) is 0 Å². The van der Waals surface area contributed by atoms with Crippen molar-refractivity contribution < 1.29 is 115 Å². The molecule has 85 heavy (non-hydrogen) atoms. The highest BCUT2D eigenvalue weighted by Crippen LogP contribution is 2.64. The summed E-state index contributed by atoms with van der Waals surface area (Å²) in [6.45, 7) is 16.7. The molecule has 12 heterocycles. The van der Waals surface area contributed by atoms with E-state index < -0.39 is 133 Å². The van der Waals surface area contributed by atoms with Gasteiger partial charge in [-0.3, -0.25) is 28.8 Å². The molecule has 15 aliphatic rings. The van der Waals surface area contributed by atoms with Gasteiger partial charge in [-0.1, -0.05) is 41.5 Å². The first-order valence-electron chi connectivity index (χ1n) is 31.6. The molecule has 24 nitrogen and oxygen atoms in total. The quantitative estimate of drug-likeness (QED) is 0.0718. The second-order valence-corrected chi connectivity index (χ2v) is 27.7. The zero-order valence-corrected chi connectivity index (χ0v) is 50.6. The Morgan fingerprint density at radius 1 is 0.365 bits per heavy atom. The lowest BCUT2D eigenvalue weighted by Crippen LogP contribution is -2.70. The van der Waals surface area contributed by atoms with Gasteiger partial charge >= 0.3 is 35.8 Å². The predicted octanol–water partition coefficient (Wildman–Crippen LogP) is 7.83. The molecule has 6 bridgehead atoms. The molecule has 3 spiro atoms. The summed E-state index contributed by atoms with van der Waals surface area (Å²) in [5, 5.41) is 0. The summed E-state index contributed by atoms with van der Waals surface area (Å²) in [7, 11) is 0. The van der Waals surface area contributed by atoms with Gasteiger partial charge in [-0.2, -0.15) is 0 Å². The average molecular weight is 1210 g/mol. The summed E-state index contributed by atoms with van der Waals surface area (Å²) in [5.74, 6) is -8.01. The minimum Gasteiger partial charge on any atom is -0.465 e. The second kappa shape index (κ2) is 23.6. The van der Waals surface area contributed by atoms with Crippen molar-refractivity contribution in [2.75, 3.05) is 19.8 Å². The van der Waals surface area contributed by atoms with Crippen molar-refractivity contribution in [1.29, 1.82) is 0 Å². The van der Waals surface area contributed by atoms with Crippen molar-refractivity contribution in [3.8, 4) is 0 Å². The van der Waals surface area contributed by atoms with Gasteiger partial charge in [0.2, 0.25) is 36.2 Å². The third-order valence-corrected chi connectivity index (χ3v) is 22.1. The van der Waals surface area contributed by atoms with Gasteiger partial charge in [0.25, 0.3) is 0 Å². The first kappa shape index (κ1) is 61.6. The molecule has 0 radical (unpaired) electrons. The molecule has 12 saturated heterocycles. The number of carbonyl (C=O) groups excluding carboxylic acids is 6. The van der Waals surface area contributed by atoms with E-state index in [9.17, 15) is 28.8 Å². The molecule has 0 N–H and O–H groups in total. The minimum atomic E-state index is -1.01. The second-order valence-electron chi connectivity index (χ2n) is 27.7. The predicted molar refractivity (Wildman–Crippen MR) is 283 cm³/mol. The molecular formula is C61H88O24. The fourth-order valence-corrected chi connectivity index (χ4v) is 17.2. The first-order chi connectivity index (χ1) is 40.5. The topological polar surface area (TPSA) is 269 Å². The maximum absolute atomic E-state index is 13.4. The van der Waals surface area contributed by atoms with E-state index in [1.54, 1.807) is 0 Å². The number of carbonyl (C=O) groups is 6. The van der Waals surface area contributed by atoms with Crippen LogP contribution in [0.3, 0.4) is 0 Å². The van der Waals surface area contributed by atoms with Crippen LogP contribution in [-0.4, -0.2) is 128 Å². The highest BCUT2D eigenvalue weighted by Gasteiger charge is 2.73. The van der Waals surface area contributed by atoms with E-state index >= 15 is 0 Å². The Labute approximate surface area is 495 Å². The van der Waals surface area contributed by atoms with Gasteiger partial charge in [0, 0.05) is 54.8 Å². The maximum Gasteiger partial charge on any atom is 0.308 e. The Balaban J connectivity index is 0.633. The summed E-state index contributed by atoms with van der Waals surface area (Å²) in [5.41, 5.74) is -2.54. The molecule has 0 amide bonds.